The van der Waals surface area contributed by atoms with E-state index in [0.717, 1.165) is 5.56 Å². The van der Waals surface area contributed by atoms with Crippen LogP contribution in [0.3, 0.4) is 0 Å². The number of hydrogen-bond donors (Lipinski definition) is 2. The molecule has 0 aliphatic carbocycles. The van der Waals surface area contributed by atoms with Crippen LogP contribution in [0.5, 0.6) is 0 Å². The molecule has 0 heterocycles. The lowest BCUT2D eigenvalue weighted by Gasteiger charge is -2.10. The van der Waals surface area contributed by atoms with Crippen LogP contribution in [0.2, 0.25) is 0 Å². The first-order valence-electron chi connectivity index (χ1n) is 6.30. The summed E-state index contributed by atoms with van der Waals surface area (Å²) in [5.74, 6) is -2.20. The minimum Gasteiger partial charge on any atom is -0.478 e. The van der Waals surface area contributed by atoms with Gasteiger partial charge in [0, 0.05) is 5.69 Å². The highest BCUT2D eigenvalue weighted by molar-refractivity contribution is 6.05. The van der Waals surface area contributed by atoms with Crippen molar-refractivity contribution < 1.29 is 19.1 Å². The molecule has 2 aromatic rings. The molecule has 108 valence electrons. The van der Waals surface area contributed by atoms with Crippen molar-refractivity contribution in [2.24, 2.45) is 0 Å². The van der Waals surface area contributed by atoms with Gasteiger partial charge in [0.05, 0.1) is 11.1 Å². The van der Waals surface area contributed by atoms with E-state index in [2.05, 4.69) is 5.32 Å². The quantitative estimate of drug-likeness (QED) is 0.909. The van der Waals surface area contributed by atoms with Gasteiger partial charge < -0.3 is 10.4 Å². The third-order valence-corrected chi connectivity index (χ3v) is 3.09. The van der Waals surface area contributed by atoms with Crippen molar-refractivity contribution in [2.45, 2.75) is 13.8 Å². The van der Waals surface area contributed by atoms with Crippen LogP contribution in [0, 0.1) is 19.7 Å². The Morgan fingerprint density at radius 1 is 1.10 bits per heavy atom. The Morgan fingerprint density at radius 3 is 2.38 bits per heavy atom. The van der Waals surface area contributed by atoms with Crippen molar-refractivity contribution in [3.63, 3.8) is 0 Å². The lowest BCUT2D eigenvalue weighted by atomic mass is 10.1. The van der Waals surface area contributed by atoms with Crippen molar-refractivity contribution in [3.05, 3.63) is 64.5 Å². The summed E-state index contributed by atoms with van der Waals surface area (Å²) in [6.45, 7) is 3.41. The number of amides is 1. The summed E-state index contributed by atoms with van der Waals surface area (Å²) in [4.78, 5) is 22.9. The number of carbonyl (C=O) groups excluding carboxylic acids is 1. The molecule has 0 aliphatic heterocycles. The van der Waals surface area contributed by atoms with E-state index < -0.39 is 17.7 Å². The first-order chi connectivity index (χ1) is 9.88. The average Bonchev–Trinajstić information content (AvgIpc) is 2.40. The summed E-state index contributed by atoms with van der Waals surface area (Å²) >= 11 is 0. The number of halogens is 1. The van der Waals surface area contributed by atoms with Gasteiger partial charge in [0.25, 0.3) is 5.91 Å². The molecule has 2 N–H and O–H groups in total. The fourth-order valence-electron chi connectivity index (χ4n) is 1.93. The molecule has 5 heteroatoms. The molecule has 0 saturated carbocycles. The third kappa shape index (κ3) is 3.25. The van der Waals surface area contributed by atoms with Crippen molar-refractivity contribution in [2.75, 3.05) is 5.32 Å². The molecule has 0 bridgehead atoms. The molecule has 0 atom stereocenters. The van der Waals surface area contributed by atoms with E-state index >= 15 is 0 Å². The molecule has 1 amide bonds. The molecule has 0 aliphatic rings. The molecule has 0 fully saturated rings. The maximum atomic E-state index is 13.7. The average molecular weight is 287 g/mol. The van der Waals surface area contributed by atoms with Crippen molar-refractivity contribution in [1.82, 2.24) is 0 Å². The zero-order chi connectivity index (χ0) is 15.6. The standard InChI is InChI=1S/C16H14FNO3/c1-9-3-5-12(13(17)7-9)15(19)18-14-6-4-11(16(20)21)8-10(14)2/h3-8H,1-2H3,(H,18,19)(H,20,21). The summed E-state index contributed by atoms with van der Waals surface area (Å²) in [7, 11) is 0. The summed E-state index contributed by atoms with van der Waals surface area (Å²) < 4.78 is 13.7. The van der Waals surface area contributed by atoms with Gasteiger partial charge in [0.15, 0.2) is 0 Å². The summed E-state index contributed by atoms with van der Waals surface area (Å²) in [5, 5.41) is 11.5. The zero-order valence-electron chi connectivity index (χ0n) is 11.6. The maximum absolute atomic E-state index is 13.7. The number of anilines is 1. The monoisotopic (exact) mass is 287 g/mol. The number of nitrogens with one attached hydrogen (secondary N) is 1. The van der Waals surface area contributed by atoms with Crippen LogP contribution in [0.1, 0.15) is 31.8 Å². The van der Waals surface area contributed by atoms with Crippen LogP contribution >= 0.6 is 0 Å². The molecule has 0 unspecified atom stereocenters. The number of carboxylic acids is 1. The van der Waals surface area contributed by atoms with Crippen molar-refractivity contribution in [1.29, 1.82) is 0 Å². The number of carbonyl (C=O) groups is 2. The SMILES string of the molecule is Cc1ccc(C(=O)Nc2ccc(C(=O)O)cc2C)c(F)c1. The highest BCUT2D eigenvalue weighted by Crippen LogP contribution is 2.19. The lowest BCUT2D eigenvalue weighted by Crippen LogP contribution is -2.15. The van der Waals surface area contributed by atoms with Crippen LogP contribution in [0.25, 0.3) is 0 Å². The van der Waals surface area contributed by atoms with Gasteiger partial charge in [-0.1, -0.05) is 6.07 Å². The van der Waals surface area contributed by atoms with Gasteiger partial charge in [-0.25, -0.2) is 9.18 Å². The summed E-state index contributed by atoms with van der Waals surface area (Å²) in [6, 6.07) is 8.68. The van der Waals surface area contributed by atoms with Gasteiger partial charge in [-0.3, -0.25) is 4.79 Å². The number of aryl methyl sites for hydroxylation is 2. The number of benzene rings is 2. The van der Waals surface area contributed by atoms with E-state index in [1.807, 2.05) is 0 Å². The van der Waals surface area contributed by atoms with E-state index in [1.54, 1.807) is 19.9 Å². The molecule has 2 rings (SSSR count). The predicted molar refractivity (Wildman–Crippen MR) is 77.2 cm³/mol. The number of hydrogen-bond acceptors (Lipinski definition) is 2. The smallest absolute Gasteiger partial charge is 0.335 e. The molecule has 0 saturated heterocycles. The Kier molecular flexibility index (Phi) is 4.03. The van der Waals surface area contributed by atoms with E-state index in [4.69, 9.17) is 5.11 Å². The van der Waals surface area contributed by atoms with Crippen LogP contribution < -0.4 is 5.32 Å². The number of rotatable bonds is 3. The molecule has 2 aromatic carbocycles. The normalized spacial score (nSPS) is 10.2. The molecule has 0 spiro atoms. The van der Waals surface area contributed by atoms with Gasteiger partial charge in [-0.05, 0) is 55.3 Å². The fourth-order valence-corrected chi connectivity index (χ4v) is 1.93. The second-order valence-corrected chi connectivity index (χ2v) is 4.77. The Morgan fingerprint density at radius 2 is 1.81 bits per heavy atom. The van der Waals surface area contributed by atoms with Gasteiger partial charge in [-0.15, -0.1) is 0 Å². The Bertz CT molecular complexity index is 725. The Hall–Kier alpha value is -2.69. The van der Waals surface area contributed by atoms with Crippen LogP contribution in [-0.4, -0.2) is 17.0 Å². The molecule has 21 heavy (non-hydrogen) atoms. The number of aromatic carboxylic acids is 1. The van der Waals surface area contributed by atoms with Crippen molar-refractivity contribution >= 4 is 17.6 Å². The summed E-state index contributed by atoms with van der Waals surface area (Å²) in [5.41, 5.74) is 1.85. The predicted octanol–water partition coefficient (Wildman–Crippen LogP) is 3.39. The first-order valence-corrected chi connectivity index (χ1v) is 6.30. The first kappa shape index (κ1) is 14.7. The van der Waals surface area contributed by atoms with Gasteiger partial charge in [-0.2, -0.15) is 0 Å². The fraction of sp³-hybridized carbons (Fsp3) is 0.125. The van der Waals surface area contributed by atoms with Gasteiger partial charge >= 0.3 is 5.97 Å². The molecule has 4 nitrogen and oxygen atoms in total. The maximum Gasteiger partial charge on any atom is 0.335 e. The van der Waals surface area contributed by atoms with Gasteiger partial charge in [0.2, 0.25) is 0 Å². The minimum atomic E-state index is -1.04. The molecular formula is C16H14FNO3. The third-order valence-electron chi connectivity index (χ3n) is 3.09. The minimum absolute atomic E-state index is 0.0534. The van der Waals surface area contributed by atoms with Crippen molar-refractivity contribution in [3.8, 4) is 0 Å². The lowest BCUT2D eigenvalue weighted by molar-refractivity contribution is 0.0696. The Balaban J connectivity index is 2.25. The van der Waals surface area contributed by atoms with E-state index in [-0.39, 0.29) is 11.1 Å². The highest BCUT2D eigenvalue weighted by atomic mass is 19.1. The van der Waals surface area contributed by atoms with E-state index in [0.29, 0.717) is 11.3 Å². The van der Waals surface area contributed by atoms with Crippen LogP contribution in [-0.2, 0) is 0 Å². The highest BCUT2D eigenvalue weighted by Gasteiger charge is 2.13. The Labute approximate surface area is 121 Å². The largest absolute Gasteiger partial charge is 0.478 e. The molecule has 0 radical (unpaired) electrons. The second-order valence-electron chi connectivity index (χ2n) is 4.77. The summed E-state index contributed by atoms with van der Waals surface area (Å²) in [6.07, 6.45) is 0. The zero-order valence-corrected chi connectivity index (χ0v) is 11.6. The second kappa shape index (κ2) is 5.75. The van der Waals surface area contributed by atoms with E-state index in [1.165, 1.54) is 30.3 Å². The van der Waals surface area contributed by atoms with Gasteiger partial charge in [0.1, 0.15) is 5.82 Å². The number of carboxylic acid groups (broad SMARTS) is 1. The topological polar surface area (TPSA) is 66.4 Å². The van der Waals surface area contributed by atoms with Crippen LogP contribution in [0.15, 0.2) is 36.4 Å². The molecule has 0 aromatic heterocycles. The van der Waals surface area contributed by atoms with E-state index in [9.17, 15) is 14.0 Å². The van der Waals surface area contributed by atoms with Crippen LogP contribution in [0.4, 0.5) is 10.1 Å². The molecular weight excluding hydrogens is 273 g/mol.